The van der Waals surface area contributed by atoms with Gasteiger partial charge in [-0.05, 0) is 17.7 Å². The SMILES string of the molecule is OC(CNCC(O)C(F)F)c1ccc2c(c1)OCCO2. The Balaban J connectivity index is 1.87. The van der Waals surface area contributed by atoms with E-state index in [1.165, 1.54) is 0 Å². The first kappa shape index (κ1) is 15.0. The Kier molecular flexibility index (Phi) is 5.11. The second-order valence-corrected chi connectivity index (χ2v) is 4.48. The summed E-state index contributed by atoms with van der Waals surface area (Å²) in [6, 6.07) is 5.04. The summed E-state index contributed by atoms with van der Waals surface area (Å²) in [6.07, 6.45) is -5.41. The van der Waals surface area contributed by atoms with Crippen molar-refractivity contribution in [2.75, 3.05) is 26.3 Å². The molecule has 1 heterocycles. The molecule has 0 saturated heterocycles. The average Bonchev–Trinajstić information content (AvgIpc) is 2.46. The van der Waals surface area contributed by atoms with E-state index in [1.807, 2.05) is 0 Å². The molecule has 2 unspecified atom stereocenters. The fourth-order valence-electron chi connectivity index (χ4n) is 1.84. The molecule has 0 spiro atoms. The molecular formula is C13H17F2NO4. The predicted octanol–water partition coefficient (Wildman–Crippen LogP) is 0.707. The molecule has 112 valence electrons. The van der Waals surface area contributed by atoms with Crippen molar-refractivity contribution >= 4 is 0 Å². The zero-order chi connectivity index (χ0) is 14.5. The van der Waals surface area contributed by atoms with Crippen LogP contribution in [-0.4, -0.2) is 49.0 Å². The third-order valence-electron chi connectivity index (χ3n) is 2.93. The Hall–Kier alpha value is -1.44. The second-order valence-electron chi connectivity index (χ2n) is 4.48. The van der Waals surface area contributed by atoms with Crippen molar-refractivity contribution < 1.29 is 28.5 Å². The van der Waals surface area contributed by atoms with E-state index in [1.54, 1.807) is 18.2 Å². The van der Waals surface area contributed by atoms with Crippen LogP contribution in [0.5, 0.6) is 11.5 Å². The van der Waals surface area contributed by atoms with Crippen molar-refractivity contribution in [2.24, 2.45) is 0 Å². The summed E-state index contributed by atoms with van der Waals surface area (Å²) in [6.45, 7) is 0.718. The normalized spacial score (nSPS) is 17.1. The number of benzene rings is 1. The van der Waals surface area contributed by atoms with Crippen LogP contribution < -0.4 is 14.8 Å². The average molecular weight is 289 g/mol. The van der Waals surface area contributed by atoms with E-state index in [9.17, 15) is 13.9 Å². The van der Waals surface area contributed by atoms with E-state index < -0.39 is 18.6 Å². The first-order valence-electron chi connectivity index (χ1n) is 6.32. The van der Waals surface area contributed by atoms with Crippen LogP contribution in [0, 0.1) is 0 Å². The van der Waals surface area contributed by atoms with Gasteiger partial charge in [0.25, 0.3) is 6.43 Å². The molecule has 7 heteroatoms. The highest BCUT2D eigenvalue weighted by Gasteiger charge is 2.18. The Bertz CT molecular complexity index is 444. The van der Waals surface area contributed by atoms with Crippen molar-refractivity contribution in [3.05, 3.63) is 23.8 Å². The molecule has 2 rings (SSSR count). The van der Waals surface area contributed by atoms with E-state index in [0.717, 1.165) is 0 Å². The Morgan fingerprint density at radius 1 is 1.10 bits per heavy atom. The fraction of sp³-hybridized carbons (Fsp3) is 0.538. The summed E-state index contributed by atoms with van der Waals surface area (Å²) in [5.74, 6) is 1.17. The van der Waals surface area contributed by atoms with Gasteiger partial charge in [0.05, 0.1) is 6.10 Å². The van der Waals surface area contributed by atoms with E-state index in [0.29, 0.717) is 30.3 Å². The molecule has 20 heavy (non-hydrogen) atoms. The molecule has 0 radical (unpaired) electrons. The van der Waals surface area contributed by atoms with Gasteiger partial charge in [-0.15, -0.1) is 0 Å². The lowest BCUT2D eigenvalue weighted by atomic mass is 10.1. The van der Waals surface area contributed by atoms with Crippen LogP contribution in [0.15, 0.2) is 18.2 Å². The van der Waals surface area contributed by atoms with Crippen molar-refractivity contribution in [3.63, 3.8) is 0 Å². The van der Waals surface area contributed by atoms with Crippen LogP contribution in [0.3, 0.4) is 0 Å². The zero-order valence-corrected chi connectivity index (χ0v) is 10.8. The molecule has 1 aromatic carbocycles. The van der Waals surface area contributed by atoms with Crippen molar-refractivity contribution in [3.8, 4) is 11.5 Å². The number of aliphatic hydroxyl groups is 2. The molecule has 0 aromatic heterocycles. The van der Waals surface area contributed by atoms with Gasteiger partial charge in [0.15, 0.2) is 11.5 Å². The number of alkyl halides is 2. The molecule has 2 atom stereocenters. The Labute approximate surface area is 115 Å². The van der Waals surface area contributed by atoms with E-state index in [-0.39, 0.29) is 13.1 Å². The van der Waals surface area contributed by atoms with Crippen LogP contribution in [0.4, 0.5) is 8.78 Å². The monoisotopic (exact) mass is 289 g/mol. The van der Waals surface area contributed by atoms with Gasteiger partial charge < -0.3 is 25.0 Å². The number of hydrogen-bond acceptors (Lipinski definition) is 5. The highest BCUT2D eigenvalue weighted by Crippen LogP contribution is 2.32. The summed E-state index contributed by atoms with van der Waals surface area (Å²) in [5, 5.41) is 21.5. The van der Waals surface area contributed by atoms with Crippen molar-refractivity contribution in [2.45, 2.75) is 18.6 Å². The molecule has 1 aliphatic heterocycles. The predicted molar refractivity (Wildman–Crippen MR) is 67.3 cm³/mol. The van der Waals surface area contributed by atoms with E-state index >= 15 is 0 Å². The van der Waals surface area contributed by atoms with Gasteiger partial charge in [0, 0.05) is 13.1 Å². The first-order chi connectivity index (χ1) is 9.58. The minimum atomic E-state index is -2.80. The quantitative estimate of drug-likeness (QED) is 0.719. The van der Waals surface area contributed by atoms with Gasteiger partial charge in [-0.3, -0.25) is 0 Å². The molecule has 1 aliphatic rings. The number of rotatable bonds is 6. The Morgan fingerprint density at radius 2 is 1.80 bits per heavy atom. The summed E-state index contributed by atoms with van der Waals surface area (Å²) in [7, 11) is 0. The van der Waals surface area contributed by atoms with Gasteiger partial charge in [-0.25, -0.2) is 8.78 Å². The third kappa shape index (κ3) is 3.78. The number of aliphatic hydroxyl groups excluding tert-OH is 2. The molecular weight excluding hydrogens is 272 g/mol. The van der Waals surface area contributed by atoms with Gasteiger partial charge in [-0.2, -0.15) is 0 Å². The summed E-state index contributed by atoms with van der Waals surface area (Å²) in [5.41, 5.74) is 0.591. The summed E-state index contributed by atoms with van der Waals surface area (Å²) < 4.78 is 34.9. The molecule has 0 bridgehead atoms. The van der Waals surface area contributed by atoms with Gasteiger partial charge in [0.2, 0.25) is 0 Å². The standard InChI is InChI=1S/C13H17F2NO4/c14-13(15)10(18)7-16-6-9(17)8-1-2-11-12(5-8)20-4-3-19-11/h1-2,5,9-10,13,16-18H,3-4,6-7H2. The first-order valence-corrected chi connectivity index (χ1v) is 6.32. The molecule has 0 aliphatic carbocycles. The maximum atomic E-state index is 12.1. The largest absolute Gasteiger partial charge is 0.486 e. The summed E-state index contributed by atoms with van der Waals surface area (Å²) in [4.78, 5) is 0. The van der Waals surface area contributed by atoms with Gasteiger partial charge in [0.1, 0.15) is 19.3 Å². The molecule has 0 saturated carbocycles. The minimum Gasteiger partial charge on any atom is -0.486 e. The number of hydrogen-bond donors (Lipinski definition) is 3. The number of halogens is 2. The lowest BCUT2D eigenvalue weighted by molar-refractivity contribution is -0.00463. The van der Waals surface area contributed by atoms with Crippen LogP contribution >= 0.6 is 0 Å². The lowest BCUT2D eigenvalue weighted by Crippen LogP contribution is -2.34. The topological polar surface area (TPSA) is 71.0 Å². The maximum Gasteiger partial charge on any atom is 0.265 e. The summed E-state index contributed by atoms with van der Waals surface area (Å²) >= 11 is 0. The highest BCUT2D eigenvalue weighted by atomic mass is 19.3. The van der Waals surface area contributed by atoms with Gasteiger partial charge >= 0.3 is 0 Å². The van der Waals surface area contributed by atoms with Crippen LogP contribution in [0.1, 0.15) is 11.7 Å². The van der Waals surface area contributed by atoms with Crippen LogP contribution in [-0.2, 0) is 0 Å². The maximum absolute atomic E-state index is 12.1. The third-order valence-corrected chi connectivity index (χ3v) is 2.93. The van der Waals surface area contributed by atoms with Gasteiger partial charge in [-0.1, -0.05) is 6.07 Å². The molecule has 1 aromatic rings. The minimum absolute atomic E-state index is 0.0590. The fourth-order valence-corrected chi connectivity index (χ4v) is 1.84. The highest BCUT2D eigenvalue weighted by molar-refractivity contribution is 5.44. The number of nitrogens with one attached hydrogen (secondary N) is 1. The van der Waals surface area contributed by atoms with Crippen molar-refractivity contribution in [1.29, 1.82) is 0 Å². The van der Waals surface area contributed by atoms with E-state index in [2.05, 4.69) is 5.32 Å². The second kappa shape index (κ2) is 6.83. The number of fused-ring (bicyclic) bond motifs is 1. The molecule has 0 amide bonds. The molecule has 0 fully saturated rings. The molecule has 3 N–H and O–H groups in total. The smallest absolute Gasteiger partial charge is 0.265 e. The zero-order valence-electron chi connectivity index (χ0n) is 10.8. The van der Waals surface area contributed by atoms with Crippen LogP contribution in [0.25, 0.3) is 0 Å². The van der Waals surface area contributed by atoms with Crippen molar-refractivity contribution in [1.82, 2.24) is 5.32 Å². The molecule has 5 nitrogen and oxygen atoms in total. The Morgan fingerprint density at radius 3 is 2.50 bits per heavy atom. The van der Waals surface area contributed by atoms with E-state index in [4.69, 9.17) is 14.6 Å². The number of ether oxygens (including phenoxy) is 2. The lowest BCUT2D eigenvalue weighted by Gasteiger charge is -2.20. The van der Waals surface area contributed by atoms with Crippen LogP contribution in [0.2, 0.25) is 0 Å².